The molecule has 1 aromatic heterocycles. The molecule has 0 bridgehead atoms. The molecule has 0 radical (unpaired) electrons. The van der Waals surface area contributed by atoms with Crippen molar-refractivity contribution in [3.63, 3.8) is 0 Å². The molecule has 0 aliphatic carbocycles. The smallest absolute Gasteiger partial charge is 0.0913 e. The summed E-state index contributed by atoms with van der Waals surface area (Å²) in [5.41, 5.74) is 0.969. The van der Waals surface area contributed by atoms with Gasteiger partial charge in [-0.2, -0.15) is 0 Å². The largest absolute Gasteiger partial charge is 0.253 e. The lowest BCUT2D eigenvalue weighted by molar-refractivity contribution is 0.686. The summed E-state index contributed by atoms with van der Waals surface area (Å²) in [6.45, 7) is 5.61. The molecule has 3 heteroatoms. The van der Waals surface area contributed by atoms with Gasteiger partial charge in [-0.1, -0.05) is 18.2 Å². The van der Waals surface area contributed by atoms with Gasteiger partial charge in [0.25, 0.3) is 0 Å². The fraction of sp³-hybridized carbons (Fsp3) is 0.250. The van der Waals surface area contributed by atoms with Gasteiger partial charge in [0.05, 0.1) is 15.0 Å². The summed E-state index contributed by atoms with van der Waals surface area (Å²) in [6, 6.07) is 3.81. The SMILES string of the molecule is C=C(C)CS(=O)c1cccs1. The molecule has 0 fully saturated rings. The van der Waals surface area contributed by atoms with Crippen molar-refractivity contribution in [3.8, 4) is 0 Å². The number of hydrogen-bond acceptors (Lipinski definition) is 2. The average molecular weight is 186 g/mol. The number of hydrogen-bond donors (Lipinski definition) is 0. The molecule has 1 aromatic rings. The van der Waals surface area contributed by atoms with E-state index in [1.165, 1.54) is 11.3 Å². The molecule has 0 saturated carbocycles. The van der Waals surface area contributed by atoms with Crippen LogP contribution in [-0.4, -0.2) is 9.96 Å². The minimum Gasteiger partial charge on any atom is -0.253 e. The molecule has 0 N–H and O–H groups in total. The summed E-state index contributed by atoms with van der Waals surface area (Å²) < 4.78 is 12.3. The van der Waals surface area contributed by atoms with E-state index in [4.69, 9.17) is 0 Å². The molecule has 1 nitrogen and oxygen atoms in total. The molecular weight excluding hydrogens is 176 g/mol. The zero-order chi connectivity index (χ0) is 8.27. The Balaban J connectivity index is 2.64. The Labute approximate surface area is 73.2 Å². The van der Waals surface area contributed by atoms with Crippen LogP contribution in [0.1, 0.15) is 6.92 Å². The molecule has 1 atom stereocenters. The van der Waals surface area contributed by atoms with Crippen molar-refractivity contribution in [2.24, 2.45) is 0 Å². The topological polar surface area (TPSA) is 17.1 Å². The first-order chi connectivity index (χ1) is 5.20. The fourth-order valence-corrected chi connectivity index (χ4v) is 2.73. The monoisotopic (exact) mass is 186 g/mol. The lowest BCUT2D eigenvalue weighted by Gasteiger charge is -1.95. The maximum atomic E-state index is 11.4. The van der Waals surface area contributed by atoms with Gasteiger partial charge < -0.3 is 0 Å². The summed E-state index contributed by atoms with van der Waals surface area (Å²) >= 11 is 1.53. The van der Waals surface area contributed by atoms with Crippen LogP contribution < -0.4 is 0 Å². The van der Waals surface area contributed by atoms with Gasteiger partial charge in [-0.05, 0) is 18.4 Å². The summed E-state index contributed by atoms with van der Waals surface area (Å²) in [7, 11) is -0.863. The van der Waals surface area contributed by atoms with Gasteiger partial charge in [-0.25, -0.2) is 0 Å². The quantitative estimate of drug-likeness (QED) is 0.663. The highest BCUT2D eigenvalue weighted by atomic mass is 32.2. The highest BCUT2D eigenvalue weighted by Crippen LogP contribution is 2.14. The van der Waals surface area contributed by atoms with Crippen LogP contribution >= 0.6 is 11.3 Å². The van der Waals surface area contributed by atoms with Crippen LogP contribution in [0.3, 0.4) is 0 Å². The molecule has 1 heterocycles. The van der Waals surface area contributed by atoms with Gasteiger partial charge in [-0.15, -0.1) is 11.3 Å². The lowest BCUT2D eigenvalue weighted by Crippen LogP contribution is -1.95. The van der Waals surface area contributed by atoms with Crippen LogP contribution in [0.25, 0.3) is 0 Å². The van der Waals surface area contributed by atoms with Crippen LogP contribution in [0, 0.1) is 0 Å². The van der Waals surface area contributed by atoms with E-state index in [2.05, 4.69) is 6.58 Å². The Bertz CT molecular complexity index is 262. The van der Waals surface area contributed by atoms with E-state index >= 15 is 0 Å². The first-order valence-corrected chi connectivity index (χ1v) is 5.46. The standard InChI is InChI=1S/C8H10OS2/c1-7(2)6-11(9)8-4-3-5-10-8/h3-5H,1,6H2,2H3. The van der Waals surface area contributed by atoms with E-state index in [-0.39, 0.29) is 0 Å². The minimum absolute atomic E-state index is 0.584. The Hall–Kier alpha value is -0.410. The van der Waals surface area contributed by atoms with E-state index < -0.39 is 10.8 Å². The van der Waals surface area contributed by atoms with Crippen molar-refractivity contribution < 1.29 is 4.21 Å². The second-order valence-corrected chi connectivity index (χ2v) is 5.00. The van der Waals surface area contributed by atoms with Gasteiger partial charge in [0.2, 0.25) is 0 Å². The predicted octanol–water partition coefficient (Wildman–Crippen LogP) is 2.43. The zero-order valence-electron chi connectivity index (χ0n) is 6.37. The van der Waals surface area contributed by atoms with Crippen LogP contribution in [0.2, 0.25) is 0 Å². The Morgan fingerprint density at radius 1 is 1.82 bits per heavy atom. The highest BCUT2D eigenvalue weighted by molar-refractivity contribution is 7.87. The first kappa shape index (κ1) is 8.68. The highest BCUT2D eigenvalue weighted by Gasteiger charge is 2.03. The average Bonchev–Trinajstić information content (AvgIpc) is 2.35. The summed E-state index contributed by atoms with van der Waals surface area (Å²) in [5.74, 6) is 0.584. The van der Waals surface area contributed by atoms with E-state index in [0.717, 1.165) is 9.78 Å². The molecule has 1 unspecified atom stereocenters. The van der Waals surface area contributed by atoms with E-state index in [1.807, 2.05) is 24.4 Å². The Kier molecular flexibility index (Phi) is 3.02. The normalized spacial score (nSPS) is 12.8. The Morgan fingerprint density at radius 3 is 3.00 bits per heavy atom. The maximum Gasteiger partial charge on any atom is 0.0913 e. The molecule has 0 spiro atoms. The van der Waals surface area contributed by atoms with Crippen LogP contribution in [0.15, 0.2) is 33.9 Å². The number of thiophene rings is 1. The third-order valence-electron chi connectivity index (χ3n) is 1.10. The second kappa shape index (κ2) is 3.83. The molecule has 0 aliphatic rings. The van der Waals surface area contributed by atoms with E-state index in [1.54, 1.807) is 0 Å². The molecule has 11 heavy (non-hydrogen) atoms. The van der Waals surface area contributed by atoms with Crippen molar-refractivity contribution >= 4 is 22.1 Å². The molecule has 0 saturated heterocycles. The molecule has 60 valence electrons. The first-order valence-electron chi connectivity index (χ1n) is 3.26. The van der Waals surface area contributed by atoms with Gasteiger partial charge in [0, 0.05) is 5.75 Å². The lowest BCUT2D eigenvalue weighted by atomic mass is 10.4. The molecule has 0 aliphatic heterocycles. The number of rotatable bonds is 3. The third kappa shape index (κ3) is 2.60. The van der Waals surface area contributed by atoms with Crippen molar-refractivity contribution in [1.29, 1.82) is 0 Å². The molecular formula is C8H10OS2. The van der Waals surface area contributed by atoms with Gasteiger partial charge in [0.15, 0.2) is 0 Å². The van der Waals surface area contributed by atoms with Gasteiger partial charge in [-0.3, -0.25) is 4.21 Å². The maximum absolute atomic E-state index is 11.4. The summed E-state index contributed by atoms with van der Waals surface area (Å²) in [6.07, 6.45) is 0. The van der Waals surface area contributed by atoms with E-state index in [0.29, 0.717) is 5.75 Å². The Morgan fingerprint density at radius 2 is 2.55 bits per heavy atom. The second-order valence-electron chi connectivity index (χ2n) is 2.38. The third-order valence-corrected chi connectivity index (χ3v) is 3.94. The fourth-order valence-electron chi connectivity index (χ4n) is 0.688. The molecule has 0 aromatic carbocycles. The zero-order valence-corrected chi connectivity index (χ0v) is 8.00. The molecule has 1 rings (SSSR count). The van der Waals surface area contributed by atoms with Gasteiger partial charge in [0.1, 0.15) is 0 Å². The van der Waals surface area contributed by atoms with Crippen LogP contribution in [-0.2, 0) is 10.8 Å². The molecule has 0 amide bonds. The van der Waals surface area contributed by atoms with Crippen molar-refractivity contribution in [2.75, 3.05) is 5.75 Å². The van der Waals surface area contributed by atoms with Crippen molar-refractivity contribution in [3.05, 3.63) is 29.7 Å². The van der Waals surface area contributed by atoms with Crippen LogP contribution in [0.4, 0.5) is 0 Å². The minimum atomic E-state index is -0.863. The van der Waals surface area contributed by atoms with Gasteiger partial charge >= 0.3 is 0 Å². The van der Waals surface area contributed by atoms with Crippen molar-refractivity contribution in [1.82, 2.24) is 0 Å². The predicted molar refractivity (Wildman–Crippen MR) is 50.4 cm³/mol. The summed E-state index contributed by atoms with van der Waals surface area (Å²) in [5, 5.41) is 1.94. The summed E-state index contributed by atoms with van der Waals surface area (Å²) in [4.78, 5) is 0. The van der Waals surface area contributed by atoms with Crippen molar-refractivity contribution in [2.45, 2.75) is 11.1 Å². The van der Waals surface area contributed by atoms with Crippen LogP contribution in [0.5, 0.6) is 0 Å². The van der Waals surface area contributed by atoms with E-state index in [9.17, 15) is 4.21 Å².